The summed E-state index contributed by atoms with van der Waals surface area (Å²) >= 11 is 0. The molecule has 0 saturated heterocycles. The number of aryl methyl sites for hydroxylation is 2. The van der Waals surface area contributed by atoms with Gasteiger partial charge in [-0.25, -0.2) is 0 Å². The summed E-state index contributed by atoms with van der Waals surface area (Å²) in [5, 5.41) is 3.93. The smallest absolute Gasteiger partial charge is 0.264 e. The van der Waals surface area contributed by atoms with E-state index in [1.165, 1.54) is 0 Å². The Labute approximate surface area is 169 Å². The van der Waals surface area contributed by atoms with Crippen molar-refractivity contribution in [3.8, 4) is 11.5 Å². The van der Waals surface area contributed by atoms with Crippen LogP contribution >= 0.6 is 0 Å². The minimum absolute atomic E-state index is 0.171. The van der Waals surface area contributed by atoms with Gasteiger partial charge in [-0.2, -0.15) is 0 Å². The Morgan fingerprint density at radius 1 is 1.07 bits per heavy atom. The lowest BCUT2D eigenvalue weighted by molar-refractivity contribution is 0.0987. The number of nitrogens with zero attached hydrogens (tertiary/aromatic N) is 2. The minimum atomic E-state index is -0.171. The van der Waals surface area contributed by atoms with Crippen LogP contribution in [0.1, 0.15) is 27.4 Å². The lowest BCUT2D eigenvalue weighted by Crippen LogP contribution is -2.32. The van der Waals surface area contributed by atoms with Gasteiger partial charge in [-0.3, -0.25) is 4.79 Å². The molecule has 0 fully saturated rings. The number of aromatic nitrogens is 1. The van der Waals surface area contributed by atoms with Crippen molar-refractivity contribution in [2.75, 3.05) is 24.7 Å². The zero-order chi connectivity index (χ0) is 20.2. The van der Waals surface area contributed by atoms with Crippen LogP contribution in [0.15, 0.2) is 59.1 Å². The molecule has 6 heteroatoms. The highest BCUT2D eigenvalue weighted by molar-refractivity contribution is 6.07. The molecule has 148 valence electrons. The molecule has 6 nitrogen and oxygen atoms in total. The van der Waals surface area contributed by atoms with Crippen molar-refractivity contribution in [2.45, 2.75) is 13.8 Å². The first-order valence-corrected chi connectivity index (χ1v) is 9.49. The monoisotopic (exact) mass is 390 g/mol. The van der Waals surface area contributed by atoms with Crippen LogP contribution < -0.4 is 14.4 Å². The van der Waals surface area contributed by atoms with Gasteiger partial charge >= 0.3 is 0 Å². The number of anilines is 1. The predicted molar refractivity (Wildman–Crippen MR) is 111 cm³/mol. The minimum Gasteiger partial charge on any atom is -0.486 e. The Bertz CT molecular complexity index is 1020. The van der Waals surface area contributed by atoms with Crippen LogP contribution in [0.5, 0.6) is 11.5 Å². The van der Waals surface area contributed by atoms with Gasteiger partial charge in [-0.15, -0.1) is 0 Å². The number of carbonyl (C=O) groups is 1. The van der Waals surface area contributed by atoms with E-state index < -0.39 is 0 Å². The van der Waals surface area contributed by atoms with Gasteiger partial charge in [-0.1, -0.05) is 47.6 Å². The van der Waals surface area contributed by atoms with Crippen LogP contribution in [0, 0.1) is 13.8 Å². The van der Waals surface area contributed by atoms with Gasteiger partial charge in [-0.05, 0) is 31.5 Å². The summed E-state index contributed by atoms with van der Waals surface area (Å²) in [5.74, 6) is 1.65. The number of ether oxygens (including phenoxy) is 2. The Morgan fingerprint density at radius 3 is 2.55 bits per heavy atom. The largest absolute Gasteiger partial charge is 0.486 e. The average molecular weight is 390 g/mol. The molecule has 0 spiro atoms. The lowest BCUT2D eigenvalue weighted by Gasteiger charge is -2.24. The van der Waals surface area contributed by atoms with Gasteiger partial charge in [0.05, 0.1) is 5.69 Å². The van der Waals surface area contributed by atoms with Crippen LogP contribution in [0.4, 0.5) is 5.69 Å². The van der Waals surface area contributed by atoms with Crippen molar-refractivity contribution in [3.63, 3.8) is 0 Å². The van der Waals surface area contributed by atoms with E-state index in [1.807, 2.05) is 60.7 Å². The average Bonchev–Trinajstić information content (AvgIpc) is 3.09. The van der Waals surface area contributed by atoms with E-state index in [2.05, 4.69) is 5.16 Å². The number of fused-ring (bicyclic) bond motifs is 1. The predicted octanol–water partition coefficient (Wildman–Crippen LogP) is 4.42. The first kappa shape index (κ1) is 18.8. The maximum Gasteiger partial charge on any atom is 0.264 e. The number of rotatable bonds is 5. The molecule has 0 unspecified atom stereocenters. The summed E-state index contributed by atoms with van der Waals surface area (Å²) in [6.07, 6.45) is 3.95. The fraction of sp³-hybridized carbons (Fsp3) is 0.217. The highest BCUT2D eigenvalue weighted by Crippen LogP contribution is 2.34. The highest BCUT2D eigenvalue weighted by atomic mass is 16.6. The lowest BCUT2D eigenvalue weighted by atomic mass is 10.1. The molecule has 2 heterocycles. The van der Waals surface area contributed by atoms with Crippen LogP contribution in [-0.2, 0) is 0 Å². The van der Waals surface area contributed by atoms with Crippen LogP contribution in [0.3, 0.4) is 0 Å². The van der Waals surface area contributed by atoms with E-state index in [0.717, 1.165) is 11.3 Å². The SMILES string of the molecule is Cc1noc(C)c1C(=O)N(C/C=C/c1ccccc1)c1ccc2c(c1)OCCO2. The summed E-state index contributed by atoms with van der Waals surface area (Å²) in [5.41, 5.74) is 2.84. The summed E-state index contributed by atoms with van der Waals surface area (Å²) in [6, 6.07) is 15.5. The second-order valence-electron chi connectivity index (χ2n) is 6.76. The third kappa shape index (κ3) is 4.01. The standard InChI is InChI=1S/C23H22N2O4/c1-16-22(17(2)29-24-16)23(26)25(12-6-9-18-7-4-3-5-8-18)19-10-11-20-21(15-19)28-14-13-27-20/h3-11,15H,12-14H2,1-2H3/b9-6+. The first-order valence-electron chi connectivity index (χ1n) is 9.49. The second-order valence-corrected chi connectivity index (χ2v) is 6.76. The summed E-state index contributed by atoms with van der Waals surface area (Å²) in [6.45, 7) is 4.91. The second kappa shape index (κ2) is 8.22. The molecule has 1 amide bonds. The molecule has 3 aromatic rings. The third-order valence-corrected chi connectivity index (χ3v) is 4.73. The molecule has 0 N–H and O–H groups in total. The highest BCUT2D eigenvalue weighted by Gasteiger charge is 2.25. The summed E-state index contributed by atoms with van der Waals surface area (Å²) in [4.78, 5) is 15.1. The van der Waals surface area contributed by atoms with E-state index in [9.17, 15) is 4.79 Å². The van der Waals surface area contributed by atoms with Crippen LogP contribution in [0.2, 0.25) is 0 Å². The van der Waals surface area contributed by atoms with Crippen molar-refractivity contribution in [2.24, 2.45) is 0 Å². The van der Waals surface area contributed by atoms with Crippen molar-refractivity contribution >= 4 is 17.7 Å². The van der Waals surface area contributed by atoms with Gasteiger partial charge in [0.15, 0.2) is 11.5 Å². The van der Waals surface area contributed by atoms with Crippen LogP contribution in [0.25, 0.3) is 6.08 Å². The fourth-order valence-electron chi connectivity index (χ4n) is 3.29. The molecule has 0 atom stereocenters. The Kier molecular flexibility index (Phi) is 5.33. The Hall–Kier alpha value is -3.54. The maximum atomic E-state index is 13.4. The maximum absolute atomic E-state index is 13.4. The van der Waals surface area contributed by atoms with E-state index >= 15 is 0 Å². The van der Waals surface area contributed by atoms with Gasteiger partial charge < -0.3 is 18.9 Å². The van der Waals surface area contributed by atoms with Crippen molar-refractivity contribution in [3.05, 3.63) is 77.2 Å². The number of carbonyl (C=O) groups excluding carboxylic acids is 1. The summed E-state index contributed by atoms with van der Waals surface area (Å²) < 4.78 is 16.5. The molecule has 29 heavy (non-hydrogen) atoms. The van der Waals surface area contributed by atoms with Gasteiger partial charge in [0, 0.05) is 18.3 Å². The van der Waals surface area contributed by atoms with Crippen molar-refractivity contribution < 1.29 is 18.8 Å². The van der Waals surface area contributed by atoms with E-state index in [0.29, 0.717) is 48.3 Å². The molecular weight excluding hydrogens is 368 g/mol. The number of amides is 1. The number of benzene rings is 2. The number of hydrogen-bond donors (Lipinski definition) is 0. The molecule has 1 aliphatic rings. The van der Waals surface area contributed by atoms with Gasteiger partial charge in [0.25, 0.3) is 5.91 Å². The van der Waals surface area contributed by atoms with E-state index in [-0.39, 0.29) is 5.91 Å². The zero-order valence-electron chi connectivity index (χ0n) is 16.4. The Morgan fingerprint density at radius 2 is 1.83 bits per heavy atom. The molecule has 0 saturated carbocycles. The molecule has 1 aliphatic heterocycles. The first-order chi connectivity index (χ1) is 14.1. The normalized spacial score (nSPS) is 12.9. The molecule has 0 radical (unpaired) electrons. The molecule has 0 aliphatic carbocycles. The zero-order valence-corrected chi connectivity index (χ0v) is 16.4. The van der Waals surface area contributed by atoms with Crippen molar-refractivity contribution in [1.29, 1.82) is 0 Å². The molecule has 4 rings (SSSR count). The van der Waals surface area contributed by atoms with Crippen LogP contribution in [-0.4, -0.2) is 30.8 Å². The summed E-state index contributed by atoms with van der Waals surface area (Å²) in [7, 11) is 0. The fourth-order valence-corrected chi connectivity index (χ4v) is 3.29. The third-order valence-electron chi connectivity index (χ3n) is 4.73. The van der Waals surface area contributed by atoms with Gasteiger partial charge in [0.1, 0.15) is 24.5 Å². The van der Waals surface area contributed by atoms with Gasteiger partial charge in [0.2, 0.25) is 0 Å². The topological polar surface area (TPSA) is 64.8 Å². The van der Waals surface area contributed by atoms with E-state index in [1.54, 1.807) is 18.7 Å². The molecule has 2 aromatic carbocycles. The van der Waals surface area contributed by atoms with Crippen molar-refractivity contribution in [1.82, 2.24) is 5.16 Å². The number of hydrogen-bond acceptors (Lipinski definition) is 5. The molecule has 1 aromatic heterocycles. The molecular formula is C23H22N2O4. The molecule has 0 bridgehead atoms. The quantitative estimate of drug-likeness (QED) is 0.645. The Balaban J connectivity index is 1.67. The van der Waals surface area contributed by atoms with E-state index in [4.69, 9.17) is 14.0 Å².